The topological polar surface area (TPSA) is 35.9 Å². The molecule has 3 heterocycles. The monoisotopic (exact) mass is 754 g/mol. The van der Waals surface area contributed by atoms with Gasteiger partial charge in [0.15, 0.2) is 11.0 Å². The minimum Gasteiger partial charge on any atom is -1.00 e. The van der Waals surface area contributed by atoms with E-state index in [4.69, 9.17) is 23.4 Å². The van der Waals surface area contributed by atoms with Gasteiger partial charge in [-0.15, -0.1) is 0 Å². The lowest BCUT2D eigenvalue weighted by molar-refractivity contribution is -0.566. The Kier molecular flexibility index (Phi) is 6.46. The van der Waals surface area contributed by atoms with Crippen LogP contribution in [0.5, 0.6) is 11.5 Å². The molecular weight excluding hydrogens is 708 g/mol. The Morgan fingerprint density at radius 2 is 1.25 bits per heavy atom. The molecule has 0 atom stereocenters. The number of ether oxygens (including phenoxy) is 1. The third-order valence-electron chi connectivity index (χ3n) is 9.82. The molecule has 0 N–H and O–H groups in total. The summed E-state index contributed by atoms with van der Waals surface area (Å²) < 4.78 is 99.2. The number of nitrogens with zero attached hydrogens (tertiary/aromatic N) is 4. The molecule has 3 aromatic heterocycles. The first kappa shape index (κ1) is 25.2. The number of hydrogen-bond acceptors (Lipinski definition) is 2. The van der Waals surface area contributed by atoms with Crippen molar-refractivity contribution in [2.45, 2.75) is 13.8 Å². The van der Waals surface area contributed by atoms with Crippen LogP contribution in [0.1, 0.15) is 24.8 Å². The smallest absolute Gasteiger partial charge is 0.255 e. The molecule has 56 heavy (non-hydrogen) atoms. The van der Waals surface area contributed by atoms with E-state index in [1.807, 2.05) is 90.5 Å². The number of aromatic nitrogens is 4. The van der Waals surface area contributed by atoms with Crippen LogP contribution in [0.25, 0.3) is 72.3 Å². The van der Waals surface area contributed by atoms with E-state index in [0.717, 1.165) is 38.8 Å². The van der Waals surface area contributed by atoms with Crippen molar-refractivity contribution in [2.24, 2.45) is 0 Å². The molecule has 0 fully saturated rings. The lowest BCUT2D eigenvalue weighted by atomic mass is 9.95. The van der Waals surface area contributed by atoms with Crippen molar-refractivity contribution < 1.29 is 35.4 Å². The number of imidazole rings is 1. The predicted molar refractivity (Wildman–Crippen MR) is 224 cm³/mol. The Hall–Kier alpha value is -6.95. The quantitative estimate of drug-likeness (QED) is 0.152. The third kappa shape index (κ3) is 5.99. The number of para-hydroxylation sites is 4. The average Bonchev–Trinajstić information content (AvgIpc) is 3.85. The normalized spacial score (nSPS) is 13.8. The van der Waals surface area contributed by atoms with Gasteiger partial charge >= 0.3 is 0 Å². The van der Waals surface area contributed by atoms with Crippen LogP contribution in [-0.2, 0) is 0 Å². The largest absolute Gasteiger partial charge is 1.00 e. The standard InChI is InChI=1S/C50H37N4O.ClH/c1-34-29-35(2)50(51-32-34)54-45-24-10-9-21-43(45)44-28-27-40(31-48(44)54)55-39-20-13-19-38(30-39)52-33-53(47-26-12-11-25-46(47)52)49-41(36-15-5-3-6-16-36)22-14-23-42(49)37-17-7-4-8-18-37;/h3-33H,1-2H3;1H/q+1;/p-1/i3D,4D,5D,6D,7D,8D,15D,16D,17D,18D;. The molecule has 270 valence electrons. The van der Waals surface area contributed by atoms with Crippen LogP contribution in [0.2, 0.25) is 0 Å². The highest BCUT2D eigenvalue weighted by molar-refractivity contribution is 6.09. The molecule has 10 aromatic rings. The summed E-state index contributed by atoms with van der Waals surface area (Å²) in [7, 11) is 0. The molecule has 0 unspecified atom stereocenters. The first-order valence-electron chi connectivity index (χ1n) is 22.8. The molecule has 6 heteroatoms. The predicted octanol–water partition coefficient (Wildman–Crippen LogP) is 9.15. The fourth-order valence-corrected chi connectivity index (χ4v) is 7.49. The fourth-order valence-electron chi connectivity index (χ4n) is 7.49. The number of pyridine rings is 1. The fraction of sp³-hybridized carbons (Fsp3) is 0.0400. The van der Waals surface area contributed by atoms with Crippen molar-refractivity contribution in [1.29, 1.82) is 0 Å². The van der Waals surface area contributed by atoms with Gasteiger partial charge in [-0.2, -0.15) is 9.13 Å². The van der Waals surface area contributed by atoms with E-state index in [1.165, 1.54) is 0 Å². The summed E-state index contributed by atoms with van der Waals surface area (Å²) in [5.74, 6) is 1.97. The molecule has 0 saturated heterocycles. The first-order valence-corrected chi connectivity index (χ1v) is 17.8. The number of fused-ring (bicyclic) bond motifs is 4. The summed E-state index contributed by atoms with van der Waals surface area (Å²) >= 11 is 0. The van der Waals surface area contributed by atoms with Gasteiger partial charge in [0.05, 0.1) is 24.7 Å². The van der Waals surface area contributed by atoms with Gasteiger partial charge in [0.25, 0.3) is 6.33 Å². The molecule has 0 amide bonds. The summed E-state index contributed by atoms with van der Waals surface area (Å²) in [6.07, 6.45) is 3.65. The number of hydrogen-bond donors (Lipinski definition) is 0. The van der Waals surface area contributed by atoms with Crippen molar-refractivity contribution >= 4 is 32.8 Å². The van der Waals surface area contributed by atoms with Crippen molar-refractivity contribution in [3.8, 4) is 50.9 Å². The van der Waals surface area contributed by atoms with Gasteiger partial charge in [-0.25, -0.2) is 4.98 Å². The van der Waals surface area contributed by atoms with E-state index in [1.54, 1.807) is 29.1 Å². The van der Waals surface area contributed by atoms with Crippen molar-refractivity contribution in [1.82, 2.24) is 14.1 Å². The highest BCUT2D eigenvalue weighted by atomic mass is 35.5. The number of aryl methyl sites for hydroxylation is 2. The molecule has 5 nitrogen and oxygen atoms in total. The second-order valence-electron chi connectivity index (χ2n) is 13.3. The van der Waals surface area contributed by atoms with Crippen LogP contribution in [-0.4, -0.2) is 14.1 Å². The molecule has 0 spiro atoms. The Balaban J connectivity index is 0.00000548. The van der Waals surface area contributed by atoms with E-state index in [-0.39, 0.29) is 40.3 Å². The van der Waals surface area contributed by atoms with E-state index in [0.29, 0.717) is 28.2 Å². The van der Waals surface area contributed by atoms with Gasteiger partial charge in [0, 0.05) is 40.2 Å². The van der Waals surface area contributed by atoms with Gasteiger partial charge in [-0.3, -0.25) is 4.57 Å². The Morgan fingerprint density at radius 1 is 0.607 bits per heavy atom. The lowest BCUT2D eigenvalue weighted by Crippen LogP contribution is -3.00. The van der Waals surface area contributed by atoms with Crippen molar-refractivity contribution in [3.05, 3.63) is 199 Å². The summed E-state index contributed by atoms with van der Waals surface area (Å²) in [6.45, 7) is 4.08. The van der Waals surface area contributed by atoms with Crippen LogP contribution in [0.15, 0.2) is 188 Å². The Morgan fingerprint density at radius 3 is 1.98 bits per heavy atom. The second-order valence-corrected chi connectivity index (χ2v) is 13.3. The first-order chi connectivity index (χ1) is 31.2. The third-order valence-corrected chi connectivity index (χ3v) is 9.82. The SMILES string of the molecule is [2H]c1c([2H])c([2H])c(-c2cccc(-c3c([2H])c([2H])c([2H])c([2H])c3[2H])c2-[n+]2cn(-c3cccc(Oc4ccc5c6ccccc6n(-c6ncc(C)cc6C)c5c4)c3)c3ccccc32)c([2H])c1[2H].[Cl-]. The minimum absolute atomic E-state index is 0. The maximum absolute atomic E-state index is 8.99. The molecule has 0 aliphatic heterocycles. The molecule has 0 radical (unpaired) electrons. The van der Waals surface area contributed by atoms with Gasteiger partial charge in [-0.1, -0.05) is 121 Å². The lowest BCUT2D eigenvalue weighted by Gasteiger charge is -2.13. The molecule has 7 aromatic carbocycles. The second kappa shape index (κ2) is 14.4. The maximum Gasteiger partial charge on any atom is 0.255 e. The van der Waals surface area contributed by atoms with Crippen LogP contribution >= 0.6 is 0 Å². The number of rotatable bonds is 7. The molecule has 0 aliphatic carbocycles. The summed E-state index contributed by atoms with van der Waals surface area (Å²) in [6, 6.07) is 31.1. The van der Waals surface area contributed by atoms with Crippen molar-refractivity contribution in [2.75, 3.05) is 0 Å². The minimum atomic E-state index is -0.556. The molecule has 0 aliphatic rings. The number of halogens is 1. The van der Waals surface area contributed by atoms with Crippen LogP contribution < -0.4 is 21.7 Å². The summed E-state index contributed by atoms with van der Waals surface area (Å²) in [5, 5.41) is 2.15. The zero-order valence-corrected chi connectivity index (χ0v) is 31.0. The summed E-state index contributed by atoms with van der Waals surface area (Å²) in [4.78, 5) is 4.84. The van der Waals surface area contributed by atoms with E-state index < -0.39 is 60.4 Å². The van der Waals surface area contributed by atoms with Crippen LogP contribution in [0, 0.1) is 13.8 Å². The van der Waals surface area contributed by atoms with Gasteiger partial charge < -0.3 is 17.1 Å². The van der Waals surface area contributed by atoms with Crippen LogP contribution in [0.3, 0.4) is 0 Å². The van der Waals surface area contributed by atoms with Crippen molar-refractivity contribution in [3.63, 3.8) is 0 Å². The zero-order chi connectivity index (χ0) is 45.6. The highest BCUT2D eigenvalue weighted by Crippen LogP contribution is 2.37. The van der Waals surface area contributed by atoms with E-state index >= 15 is 0 Å². The van der Waals surface area contributed by atoms with Crippen LogP contribution in [0.4, 0.5) is 0 Å². The summed E-state index contributed by atoms with van der Waals surface area (Å²) in [5.41, 5.74) is 6.51. The highest BCUT2D eigenvalue weighted by Gasteiger charge is 2.25. The zero-order valence-electron chi connectivity index (χ0n) is 40.2. The molecule has 0 saturated carbocycles. The molecular formula is C50H37ClN4O. The maximum atomic E-state index is 8.99. The van der Waals surface area contributed by atoms with Gasteiger partial charge in [0.1, 0.15) is 28.7 Å². The van der Waals surface area contributed by atoms with Gasteiger partial charge in [-0.05, 0) is 78.6 Å². The van der Waals surface area contributed by atoms with E-state index in [9.17, 15) is 0 Å². The van der Waals surface area contributed by atoms with Gasteiger partial charge in [0.2, 0.25) is 0 Å². The average molecular weight is 755 g/mol. The Bertz CT molecular complexity index is 3500. The Labute approximate surface area is 345 Å². The molecule has 0 bridgehead atoms. The number of benzene rings is 7. The molecule has 10 rings (SSSR count). The van der Waals surface area contributed by atoms with E-state index in [2.05, 4.69) is 35.8 Å².